The van der Waals surface area contributed by atoms with Gasteiger partial charge in [0.15, 0.2) is 0 Å². The Morgan fingerprint density at radius 3 is 2.42 bits per heavy atom. The molecule has 1 saturated heterocycles. The zero-order chi connectivity index (χ0) is 17.5. The molecular weight excluding hydrogens is 304 g/mol. The van der Waals surface area contributed by atoms with E-state index in [1.165, 1.54) is 6.07 Å². The van der Waals surface area contributed by atoms with Crippen molar-refractivity contribution in [2.45, 2.75) is 26.8 Å². The smallest absolute Gasteiger partial charge is 0.272 e. The molecule has 1 heterocycles. The van der Waals surface area contributed by atoms with Crippen LogP contribution in [0.4, 0.5) is 5.69 Å². The van der Waals surface area contributed by atoms with Gasteiger partial charge in [0.2, 0.25) is 0 Å². The molecule has 3 rings (SSSR count). The van der Waals surface area contributed by atoms with Crippen molar-refractivity contribution in [3.8, 4) is 0 Å². The fraction of sp³-hybridized carbons (Fsp3) is 0.316. The molecule has 2 aromatic carbocycles. The number of aryl methyl sites for hydroxylation is 1. The van der Waals surface area contributed by atoms with Gasteiger partial charge in [0.1, 0.15) is 0 Å². The van der Waals surface area contributed by atoms with Crippen LogP contribution < -0.4 is 0 Å². The zero-order valence-electron chi connectivity index (χ0n) is 14.0. The predicted octanol–water partition coefficient (Wildman–Crippen LogP) is 4.13. The first-order valence-corrected chi connectivity index (χ1v) is 7.92. The molecule has 5 nitrogen and oxygen atoms in total. The maximum atomic E-state index is 12.9. The van der Waals surface area contributed by atoms with Crippen LogP contribution in [0.15, 0.2) is 48.5 Å². The summed E-state index contributed by atoms with van der Waals surface area (Å²) in [6.07, 6.45) is 0. The summed E-state index contributed by atoms with van der Waals surface area (Å²) < 4.78 is 0. The first kappa shape index (κ1) is 16.2. The molecule has 0 spiro atoms. The number of nitro benzene ring substituents is 1. The highest BCUT2D eigenvalue weighted by Crippen LogP contribution is 2.48. The topological polar surface area (TPSA) is 63.5 Å². The van der Waals surface area contributed by atoms with E-state index in [-0.39, 0.29) is 23.1 Å². The minimum Gasteiger partial charge on any atom is -0.330 e. The largest absolute Gasteiger partial charge is 0.330 e. The van der Waals surface area contributed by atoms with Crippen LogP contribution in [-0.2, 0) is 0 Å². The van der Waals surface area contributed by atoms with E-state index in [9.17, 15) is 14.9 Å². The highest BCUT2D eigenvalue weighted by molar-refractivity contribution is 5.95. The Bertz CT molecular complexity index is 800. The van der Waals surface area contributed by atoms with Crippen molar-refractivity contribution in [1.82, 2.24) is 4.90 Å². The zero-order valence-corrected chi connectivity index (χ0v) is 14.0. The van der Waals surface area contributed by atoms with Crippen molar-refractivity contribution >= 4 is 11.6 Å². The van der Waals surface area contributed by atoms with Crippen LogP contribution in [0.5, 0.6) is 0 Å². The van der Waals surface area contributed by atoms with Crippen molar-refractivity contribution in [3.63, 3.8) is 0 Å². The molecule has 1 fully saturated rings. The standard InChI is InChI=1S/C19H20N2O3/c1-13-11-15(9-10-16(13)21(23)24)18(22)20-12-19(2,3)17(20)14-7-5-4-6-8-14/h4-11,17H,12H2,1-3H3/t17-/m1/s1. The molecule has 0 aliphatic carbocycles. The Morgan fingerprint density at radius 2 is 1.88 bits per heavy atom. The van der Waals surface area contributed by atoms with Gasteiger partial charge in [-0.2, -0.15) is 0 Å². The second-order valence-electron chi connectivity index (χ2n) is 6.99. The third-order valence-electron chi connectivity index (χ3n) is 4.65. The van der Waals surface area contributed by atoms with Gasteiger partial charge in [-0.3, -0.25) is 14.9 Å². The quantitative estimate of drug-likeness (QED) is 0.630. The summed E-state index contributed by atoms with van der Waals surface area (Å²) in [6, 6.07) is 14.5. The number of rotatable bonds is 3. The van der Waals surface area contributed by atoms with E-state index in [0.29, 0.717) is 17.7 Å². The second-order valence-corrected chi connectivity index (χ2v) is 6.99. The van der Waals surface area contributed by atoms with E-state index in [0.717, 1.165) is 5.56 Å². The molecule has 124 valence electrons. The van der Waals surface area contributed by atoms with E-state index in [2.05, 4.69) is 13.8 Å². The molecule has 2 aromatic rings. The number of amides is 1. The van der Waals surface area contributed by atoms with Crippen LogP contribution in [0.1, 0.15) is 41.4 Å². The Hall–Kier alpha value is -2.69. The molecule has 0 saturated carbocycles. The van der Waals surface area contributed by atoms with Crippen molar-refractivity contribution in [3.05, 3.63) is 75.3 Å². The van der Waals surface area contributed by atoms with Gasteiger partial charge < -0.3 is 4.90 Å². The molecule has 0 unspecified atom stereocenters. The van der Waals surface area contributed by atoms with Gasteiger partial charge in [0.05, 0.1) is 11.0 Å². The lowest BCUT2D eigenvalue weighted by Gasteiger charge is -2.54. The molecule has 1 aliphatic heterocycles. The van der Waals surface area contributed by atoms with Gasteiger partial charge in [-0.1, -0.05) is 44.2 Å². The summed E-state index contributed by atoms with van der Waals surface area (Å²) in [5.74, 6) is -0.0822. The third-order valence-corrected chi connectivity index (χ3v) is 4.65. The van der Waals surface area contributed by atoms with Crippen molar-refractivity contribution in [2.75, 3.05) is 6.54 Å². The number of hydrogen-bond donors (Lipinski definition) is 0. The number of carbonyl (C=O) groups excluding carboxylic acids is 1. The van der Waals surface area contributed by atoms with Crippen molar-refractivity contribution in [2.24, 2.45) is 5.41 Å². The molecular formula is C19H20N2O3. The van der Waals surface area contributed by atoms with Gasteiger partial charge in [0.25, 0.3) is 11.6 Å². The molecule has 5 heteroatoms. The molecule has 24 heavy (non-hydrogen) atoms. The van der Waals surface area contributed by atoms with Gasteiger partial charge in [-0.15, -0.1) is 0 Å². The van der Waals surface area contributed by atoms with E-state index < -0.39 is 4.92 Å². The second kappa shape index (κ2) is 5.74. The number of carbonyl (C=O) groups is 1. The van der Waals surface area contributed by atoms with Crippen molar-refractivity contribution in [1.29, 1.82) is 0 Å². The third kappa shape index (κ3) is 2.66. The normalized spacial score (nSPS) is 18.8. The first-order chi connectivity index (χ1) is 11.3. The summed E-state index contributed by atoms with van der Waals surface area (Å²) in [5.41, 5.74) is 2.15. The van der Waals surface area contributed by atoms with Crippen LogP contribution in [0, 0.1) is 22.5 Å². The van der Waals surface area contributed by atoms with E-state index in [1.807, 2.05) is 35.2 Å². The summed E-state index contributed by atoms with van der Waals surface area (Å²) in [4.78, 5) is 25.2. The number of nitro groups is 1. The number of likely N-dealkylation sites (tertiary alicyclic amines) is 1. The van der Waals surface area contributed by atoms with Gasteiger partial charge in [-0.05, 0) is 24.6 Å². The molecule has 1 aliphatic rings. The minimum atomic E-state index is -0.427. The maximum absolute atomic E-state index is 12.9. The minimum absolute atomic E-state index is 0.00678. The fourth-order valence-electron chi connectivity index (χ4n) is 3.54. The molecule has 0 radical (unpaired) electrons. The fourth-order valence-corrected chi connectivity index (χ4v) is 3.54. The monoisotopic (exact) mass is 324 g/mol. The Morgan fingerprint density at radius 1 is 1.21 bits per heavy atom. The van der Waals surface area contributed by atoms with Crippen molar-refractivity contribution < 1.29 is 9.72 Å². The highest BCUT2D eigenvalue weighted by atomic mass is 16.6. The average Bonchev–Trinajstić information content (AvgIpc) is 2.52. The number of nitrogens with zero attached hydrogens (tertiary/aromatic N) is 2. The van der Waals surface area contributed by atoms with Crippen LogP contribution in [-0.4, -0.2) is 22.3 Å². The van der Waals surface area contributed by atoms with Gasteiger partial charge in [-0.25, -0.2) is 0 Å². The Kier molecular flexibility index (Phi) is 3.87. The molecule has 1 atom stereocenters. The lowest BCUT2D eigenvalue weighted by atomic mass is 9.71. The summed E-state index contributed by atoms with van der Waals surface area (Å²) in [7, 11) is 0. The Labute approximate surface area is 141 Å². The van der Waals surface area contributed by atoms with Crippen LogP contribution in [0.2, 0.25) is 0 Å². The molecule has 0 bridgehead atoms. The number of benzene rings is 2. The van der Waals surface area contributed by atoms with Crippen LogP contribution in [0.3, 0.4) is 0 Å². The number of hydrogen-bond acceptors (Lipinski definition) is 3. The Balaban J connectivity index is 1.90. The summed E-state index contributed by atoms with van der Waals surface area (Å²) >= 11 is 0. The summed E-state index contributed by atoms with van der Waals surface area (Å²) in [5, 5.41) is 10.9. The lowest BCUT2D eigenvalue weighted by Crippen LogP contribution is -2.57. The summed E-state index contributed by atoms with van der Waals surface area (Å²) in [6.45, 7) is 6.62. The van der Waals surface area contributed by atoms with Crippen LogP contribution >= 0.6 is 0 Å². The SMILES string of the molecule is Cc1cc(C(=O)N2CC(C)(C)[C@H]2c2ccccc2)ccc1[N+](=O)[O-]. The lowest BCUT2D eigenvalue weighted by molar-refractivity contribution is -0.385. The van der Waals surface area contributed by atoms with E-state index >= 15 is 0 Å². The molecule has 1 amide bonds. The van der Waals surface area contributed by atoms with E-state index in [4.69, 9.17) is 0 Å². The first-order valence-electron chi connectivity index (χ1n) is 7.92. The highest BCUT2D eigenvalue weighted by Gasteiger charge is 2.48. The molecule has 0 aromatic heterocycles. The van der Waals surface area contributed by atoms with Gasteiger partial charge in [0, 0.05) is 29.2 Å². The maximum Gasteiger partial charge on any atom is 0.272 e. The van der Waals surface area contributed by atoms with E-state index in [1.54, 1.807) is 19.1 Å². The average molecular weight is 324 g/mol. The van der Waals surface area contributed by atoms with Gasteiger partial charge >= 0.3 is 0 Å². The molecule has 0 N–H and O–H groups in total. The van der Waals surface area contributed by atoms with Crippen LogP contribution in [0.25, 0.3) is 0 Å². The predicted molar refractivity (Wildman–Crippen MR) is 91.8 cm³/mol.